The lowest BCUT2D eigenvalue weighted by atomic mass is 10.4. The van der Waals surface area contributed by atoms with E-state index in [0.717, 1.165) is 19.4 Å². The quantitative estimate of drug-likeness (QED) is 0.681. The summed E-state index contributed by atoms with van der Waals surface area (Å²) in [7, 11) is 0. The Bertz CT molecular complexity index is 275. The second-order valence-corrected chi connectivity index (χ2v) is 3.20. The van der Waals surface area contributed by atoms with Gasteiger partial charge in [0.2, 0.25) is 11.3 Å². The van der Waals surface area contributed by atoms with Gasteiger partial charge in [0, 0.05) is 6.42 Å². The summed E-state index contributed by atoms with van der Waals surface area (Å²) in [6.45, 7) is 0.755. The van der Waals surface area contributed by atoms with Crippen LogP contribution >= 0.6 is 12.2 Å². The first-order valence-electron chi connectivity index (χ1n) is 4.22. The molecule has 13 heavy (non-hydrogen) atoms. The summed E-state index contributed by atoms with van der Waals surface area (Å²) in [5.41, 5.74) is 0. The van der Waals surface area contributed by atoms with Crippen LogP contribution < -0.4 is 0 Å². The van der Waals surface area contributed by atoms with E-state index >= 15 is 0 Å². The van der Waals surface area contributed by atoms with Crippen molar-refractivity contribution in [1.29, 1.82) is 0 Å². The van der Waals surface area contributed by atoms with Crippen molar-refractivity contribution in [1.82, 2.24) is 0 Å². The molecule has 1 aliphatic rings. The molecule has 0 N–H and O–H groups in total. The molecule has 0 saturated carbocycles. The highest BCUT2D eigenvalue weighted by atomic mass is 32.1. The van der Waals surface area contributed by atoms with Gasteiger partial charge in [0.15, 0.2) is 5.76 Å². The molecule has 1 atom stereocenters. The molecule has 0 bridgehead atoms. The van der Waals surface area contributed by atoms with Crippen LogP contribution in [0.25, 0.3) is 0 Å². The third kappa shape index (κ3) is 2.08. The Balaban J connectivity index is 1.91. The molecule has 0 radical (unpaired) electrons. The minimum atomic E-state index is -0.183. The lowest BCUT2D eigenvalue weighted by Crippen LogP contribution is -2.15. The van der Waals surface area contributed by atoms with E-state index in [1.165, 1.54) is 0 Å². The Morgan fingerprint density at radius 3 is 3.15 bits per heavy atom. The molecule has 0 amide bonds. The Morgan fingerprint density at radius 2 is 2.54 bits per heavy atom. The maximum absolute atomic E-state index is 5.37. The van der Waals surface area contributed by atoms with Crippen molar-refractivity contribution in [2.75, 3.05) is 6.61 Å². The van der Waals surface area contributed by atoms with Crippen LogP contribution in [0.2, 0.25) is 0 Å². The molecule has 4 heteroatoms. The zero-order valence-corrected chi connectivity index (χ0v) is 7.88. The Kier molecular flexibility index (Phi) is 2.61. The average Bonchev–Trinajstić information content (AvgIpc) is 2.74. The molecular weight excluding hydrogens is 188 g/mol. The van der Waals surface area contributed by atoms with Crippen LogP contribution in [0.5, 0.6) is 0 Å². The van der Waals surface area contributed by atoms with Gasteiger partial charge in [-0.15, -0.1) is 0 Å². The summed E-state index contributed by atoms with van der Waals surface area (Å²) in [5, 5.41) is 0.372. The van der Waals surface area contributed by atoms with Gasteiger partial charge in [-0.05, 0) is 30.8 Å². The van der Waals surface area contributed by atoms with Crippen molar-refractivity contribution in [3.8, 4) is 0 Å². The SMILES string of the molecule is S=C(OC1CCCO1)c1ccco1. The van der Waals surface area contributed by atoms with E-state index in [4.69, 9.17) is 26.1 Å². The lowest BCUT2D eigenvalue weighted by molar-refractivity contribution is -0.0461. The van der Waals surface area contributed by atoms with Crippen LogP contribution in [0.15, 0.2) is 22.8 Å². The first kappa shape index (κ1) is 8.72. The number of hydrogen-bond acceptors (Lipinski definition) is 4. The monoisotopic (exact) mass is 198 g/mol. The minimum Gasteiger partial charge on any atom is -0.460 e. The summed E-state index contributed by atoms with van der Waals surface area (Å²) in [6, 6.07) is 3.55. The Morgan fingerprint density at radius 1 is 1.62 bits per heavy atom. The molecule has 0 spiro atoms. The summed E-state index contributed by atoms with van der Waals surface area (Å²) < 4.78 is 15.7. The predicted molar refractivity (Wildman–Crippen MR) is 50.5 cm³/mol. The molecule has 1 saturated heterocycles. The smallest absolute Gasteiger partial charge is 0.230 e. The number of thiocarbonyl (C=S) groups is 1. The van der Waals surface area contributed by atoms with Crippen molar-refractivity contribution < 1.29 is 13.9 Å². The molecule has 1 aliphatic heterocycles. The molecule has 0 aromatic carbocycles. The summed E-state index contributed by atoms with van der Waals surface area (Å²) >= 11 is 5.01. The van der Waals surface area contributed by atoms with Crippen LogP contribution in [-0.4, -0.2) is 17.9 Å². The second-order valence-electron chi connectivity index (χ2n) is 2.83. The summed E-state index contributed by atoms with van der Waals surface area (Å²) in [6.07, 6.45) is 3.32. The molecule has 2 heterocycles. The molecule has 1 aromatic rings. The number of furan rings is 1. The van der Waals surface area contributed by atoms with E-state index in [1.807, 2.05) is 0 Å². The third-order valence-electron chi connectivity index (χ3n) is 1.85. The van der Waals surface area contributed by atoms with Crippen LogP contribution in [0.3, 0.4) is 0 Å². The van der Waals surface area contributed by atoms with E-state index in [9.17, 15) is 0 Å². The molecule has 2 rings (SSSR count). The molecule has 70 valence electrons. The number of hydrogen-bond donors (Lipinski definition) is 0. The van der Waals surface area contributed by atoms with E-state index in [1.54, 1.807) is 18.4 Å². The predicted octanol–water partition coefficient (Wildman–Crippen LogP) is 2.11. The van der Waals surface area contributed by atoms with Gasteiger partial charge in [-0.1, -0.05) is 0 Å². The maximum atomic E-state index is 5.37. The van der Waals surface area contributed by atoms with Crippen LogP contribution in [0.1, 0.15) is 18.6 Å². The zero-order chi connectivity index (χ0) is 9.10. The van der Waals surface area contributed by atoms with Gasteiger partial charge in [-0.3, -0.25) is 0 Å². The first-order chi connectivity index (χ1) is 6.36. The third-order valence-corrected chi connectivity index (χ3v) is 2.15. The van der Waals surface area contributed by atoms with Crippen LogP contribution in [0, 0.1) is 0 Å². The number of rotatable bonds is 2. The lowest BCUT2D eigenvalue weighted by Gasteiger charge is -2.11. The van der Waals surface area contributed by atoms with Crippen molar-refractivity contribution >= 4 is 17.3 Å². The van der Waals surface area contributed by atoms with E-state index < -0.39 is 0 Å². The normalized spacial score (nSPS) is 21.7. The molecular formula is C9H10O3S. The average molecular weight is 198 g/mol. The zero-order valence-electron chi connectivity index (χ0n) is 7.06. The Hall–Kier alpha value is -0.870. The molecule has 3 nitrogen and oxygen atoms in total. The fourth-order valence-electron chi connectivity index (χ4n) is 1.21. The standard InChI is InChI=1S/C9H10O3S/c13-9(7-3-1-5-10-7)12-8-4-2-6-11-8/h1,3,5,8H,2,4,6H2. The number of ether oxygens (including phenoxy) is 2. The fraction of sp³-hybridized carbons (Fsp3) is 0.444. The van der Waals surface area contributed by atoms with E-state index in [0.29, 0.717) is 10.8 Å². The van der Waals surface area contributed by atoms with Crippen molar-refractivity contribution in [3.63, 3.8) is 0 Å². The molecule has 1 unspecified atom stereocenters. The van der Waals surface area contributed by atoms with Crippen LogP contribution in [0.4, 0.5) is 0 Å². The molecule has 0 aliphatic carbocycles. The fourth-order valence-corrected chi connectivity index (χ4v) is 1.44. The minimum absolute atomic E-state index is 0.183. The van der Waals surface area contributed by atoms with Gasteiger partial charge in [-0.25, -0.2) is 0 Å². The van der Waals surface area contributed by atoms with Crippen molar-refractivity contribution in [2.45, 2.75) is 19.1 Å². The van der Waals surface area contributed by atoms with Crippen molar-refractivity contribution in [2.24, 2.45) is 0 Å². The molecule has 1 fully saturated rings. The summed E-state index contributed by atoms with van der Waals surface area (Å²) in [4.78, 5) is 0. The first-order valence-corrected chi connectivity index (χ1v) is 4.63. The van der Waals surface area contributed by atoms with Gasteiger partial charge in [0.05, 0.1) is 12.9 Å². The second kappa shape index (κ2) is 3.89. The maximum Gasteiger partial charge on any atom is 0.230 e. The Labute approximate surface area is 81.6 Å². The summed E-state index contributed by atoms with van der Waals surface area (Å²) in [5.74, 6) is 0.588. The topological polar surface area (TPSA) is 31.6 Å². The van der Waals surface area contributed by atoms with Gasteiger partial charge >= 0.3 is 0 Å². The van der Waals surface area contributed by atoms with Gasteiger partial charge in [0.25, 0.3) is 0 Å². The molecule has 1 aromatic heterocycles. The van der Waals surface area contributed by atoms with E-state index in [2.05, 4.69) is 0 Å². The largest absolute Gasteiger partial charge is 0.460 e. The van der Waals surface area contributed by atoms with Gasteiger partial charge < -0.3 is 13.9 Å². The van der Waals surface area contributed by atoms with Crippen molar-refractivity contribution in [3.05, 3.63) is 24.2 Å². The highest BCUT2D eigenvalue weighted by molar-refractivity contribution is 7.80. The van der Waals surface area contributed by atoms with Crippen LogP contribution in [-0.2, 0) is 9.47 Å². The van der Waals surface area contributed by atoms with Gasteiger partial charge in [0.1, 0.15) is 0 Å². The highest BCUT2D eigenvalue weighted by Gasteiger charge is 2.19. The van der Waals surface area contributed by atoms with Gasteiger partial charge in [-0.2, -0.15) is 0 Å². The van der Waals surface area contributed by atoms with E-state index in [-0.39, 0.29) is 6.29 Å². The highest BCUT2D eigenvalue weighted by Crippen LogP contribution is 2.15.